The standard InChI is InChI=1S/C20H19Cl2N3O2/c21-15-7-8-17(16(22)12-15)24-20(27)18-5-1-2-11-25(18)19(26)9-6-14-4-3-10-23-13-14/h3-4,6-10,12-13,18H,1-2,5,11H2,(H,24,27)/b9-6+. The van der Waals surface area contributed by atoms with E-state index in [-0.39, 0.29) is 11.8 Å². The zero-order valence-corrected chi connectivity index (χ0v) is 16.1. The SMILES string of the molecule is O=C(Nc1ccc(Cl)cc1Cl)C1CCCCN1C(=O)/C=C/c1cccnc1. The Morgan fingerprint density at radius 3 is 2.81 bits per heavy atom. The molecule has 1 N–H and O–H groups in total. The van der Waals surface area contributed by atoms with Crippen molar-refractivity contribution in [3.63, 3.8) is 0 Å². The summed E-state index contributed by atoms with van der Waals surface area (Å²) in [5, 5.41) is 3.66. The van der Waals surface area contributed by atoms with Gasteiger partial charge in [0, 0.05) is 30.0 Å². The molecule has 1 atom stereocenters. The van der Waals surface area contributed by atoms with Crippen LogP contribution in [0.2, 0.25) is 10.0 Å². The quantitative estimate of drug-likeness (QED) is 0.768. The number of benzene rings is 1. The molecule has 5 nitrogen and oxygen atoms in total. The molecule has 27 heavy (non-hydrogen) atoms. The molecule has 1 aliphatic rings. The number of piperidine rings is 1. The minimum atomic E-state index is -0.531. The van der Waals surface area contributed by atoms with Gasteiger partial charge in [0.2, 0.25) is 11.8 Å². The second-order valence-electron chi connectivity index (χ2n) is 6.28. The fraction of sp³-hybridized carbons (Fsp3) is 0.250. The topological polar surface area (TPSA) is 62.3 Å². The average molecular weight is 404 g/mol. The van der Waals surface area contributed by atoms with Gasteiger partial charge in [0.1, 0.15) is 6.04 Å². The van der Waals surface area contributed by atoms with Crippen LogP contribution in [-0.4, -0.2) is 34.3 Å². The van der Waals surface area contributed by atoms with Crippen LogP contribution in [0.15, 0.2) is 48.8 Å². The molecule has 1 saturated heterocycles. The first-order valence-electron chi connectivity index (χ1n) is 8.69. The van der Waals surface area contributed by atoms with Crippen LogP contribution >= 0.6 is 23.2 Å². The van der Waals surface area contributed by atoms with Crippen molar-refractivity contribution in [3.05, 3.63) is 64.4 Å². The highest BCUT2D eigenvalue weighted by atomic mass is 35.5. The van der Waals surface area contributed by atoms with E-state index in [4.69, 9.17) is 23.2 Å². The molecule has 3 rings (SSSR count). The van der Waals surface area contributed by atoms with Crippen molar-refractivity contribution in [1.82, 2.24) is 9.88 Å². The van der Waals surface area contributed by atoms with E-state index >= 15 is 0 Å². The molecule has 0 bridgehead atoms. The zero-order valence-electron chi connectivity index (χ0n) is 14.6. The molecule has 0 aliphatic carbocycles. The van der Waals surface area contributed by atoms with Crippen molar-refractivity contribution in [1.29, 1.82) is 0 Å². The molecule has 1 fully saturated rings. The number of hydrogen-bond donors (Lipinski definition) is 1. The number of pyridine rings is 1. The van der Waals surface area contributed by atoms with E-state index < -0.39 is 6.04 Å². The Labute approximate surface area is 168 Å². The largest absolute Gasteiger partial charge is 0.327 e. The van der Waals surface area contributed by atoms with Crippen LogP contribution in [0.5, 0.6) is 0 Å². The number of rotatable bonds is 4. The molecule has 140 valence electrons. The van der Waals surface area contributed by atoms with E-state index in [1.54, 1.807) is 47.6 Å². The highest BCUT2D eigenvalue weighted by Crippen LogP contribution is 2.27. The van der Waals surface area contributed by atoms with Gasteiger partial charge >= 0.3 is 0 Å². The van der Waals surface area contributed by atoms with Gasteiger partial charge in [-0.3, -0.25) is 14.6 Å². The van der Waals surface area contributed by atoms with E-state index in [2.05, 4.69) is 10.3 Å². The molecular formula is C20H19Cl2N3O2. The number of halogens is 2. The summed E-state index contributed by atoms with van der Waals surface area (Å²) in [6.45, 7) is 0.544. The minimum Gasteiger partial charge on any atom is -0.327 e. The van der Waals surface area contributed by atoms with Crippen LogP contribution in [0.3, 0.4) is 0 Å². The lowest BCUT2D eigenvalue weighted by Gasteiger charge is -2.34. The van der Waals surface area contributed by atoms with Gasteiger partial charge in [0.05, 0.1) is 10.7 Å². The summed E-state index contributed by atoms with van der Waals surface area (Å²) in [5.41, 5.74) is 1.31. The van der Waals surface area contributed by atoms with Crippen molar-refractivity contribution >= 4 is 46.8 Å². The Morgan fingerprint density at radius 1 is 1.22 bits per heavy atom. The summed E-state index contributed by atoms with van der Waals surface area (Å²) >= 11 is 12.0. The number of carbonyl (C=O) groups is 2. The summed E-state index contributed by atoms with van der Waals surface area (Å²) in [6.07, 6.45) is 8.91. The van der Waals surface area contributed by atoms with Crippen LogP contribution in [0.4, 0.5) is 5.69 Å². The molecule has 1 aromatic carbocycles. The second-order valence-corrected chi connectivity index (χ2v) is 7.12. The fourth-order valence-electron chi connectivity index (χ4n) is 3.01. The van der Waals surface area contributed by atoms with E-state index in [0.717, 1.165) is 18.4 Å². The summed E-state index contributed by atoms with van der Waals surface area (Å²) in [7, 11) is 0. The number of likely N-dealkylation sites (tertiary alicyclic amines) is 1. The minimum absolute atomic E-state index is 0.194. The van der Waals surface area contributed by atoms with Gasteiger partial charge in [-0.1, -0.05) is 29.3 Å². The number of nitrogens with one attached hydrogen (secondary N) is 1. The van der Waals surface area contributed by atoms with Crippen molar-refractivity contribution < 1.29 is 9.59 Å². The van der Waals surface area contributed by atoms with Crippen molar-refractivity contribution in [3.8, 4) is 0 Å². The summed E-state index contributed by atoms with van der Waals surface area (Å²) in [6, 6.07) is 8.01. The van der Waals surface area contributed by atoms with E-state index in [0.29, 0.717) is 28.7 Å². The van der Waals surface area contributed by atoms with Gasteiger partial charge in [-0.05, 0) is 55.2 Å². The summed E-state index contributed by atoms with van der Waals surface area (Å²) < 4.78 is 0. The average Bonchev–Trinajstić information content (AvgIpc) is 2.69. The summed E-state index contributed by atoms with van der Waals surface area (Å²) in [4.78, 5) is 31.0. The summed E-state index contributed by atoms with van der Waals surface area (Å²) in [5.74, 6) is -0.442. The van der Waals surface area contributed by atoms with Crippen molar-refractivity contribution in [2.45, 2.75) is 25.3 Å². The van der Waals surface area contributed by atoms with Gasteiger partial charge in [-0.15, -0.1) is 0 Å². The Bertz CT molecular complexity index is 856. The van der Waals surface area contributed by atoms with E-state index in [1.165, 1.54) is 6.08 Å². The van der Waals surface area contributed by atoms with Crippen molar-refractivity contribution in [2.75, 3.05) is 11.9 Å². The monoisotopic (exact) mass is 403 g/mol. The predicted molar refractivity (Wildman–Crippen MR) is 108 cm³/mol. The highest BCUT2D eigenvalue weighted by molar-refractivity contribution is 6.36. The lowest BCUT2D eigenvalue weighted by atomic mass is 10.0. The first-order valence-corrected chi connectivity index (χ1v) is 9.45. The molecule has 7 heteroatoms. The molecule has 1 aliphatic heterocycles. The van der Waals surface area contributed by atoms with Crippen LogP contribution in [0, 0.1) is 0 Å². The molecule has 2 heterocycles. The first-order chi connectivity index (χ1) is 13.0. The van der Waals surface area contributed by atoms with Gasteiger partial charge in [-0.2, -0.15) is 0 Å². The first kappa shape index (κ1) is 19.4. The highest BCUT2D eigenvalue weighted by Gasteiger charge is 2.31. The Balaban J connectivity index is 1.71. The number of anilines is 1. The third kappa shape index (κ3) is 5.08. The van der Waals surface area contributed by atoms with Crippen LogP contribution in [0.25, 0.3) is 6.08 Å². The molecule has 0 spiro atoms. The number of amides is 2. The second kappa shape index (κ2) is 9.02. The number of carbonyl (C=O) groups excluding carboxylic acids is 2. The lowest BCUT2D eigenvalue weighted by molar-refractivity contribution is -0.136. The van der Waals surface area contributed by atoms with Gasteiger partial charge in [-0.25, -0.2) is 0 Å². The number of aromatic nitrogens is 1. The van der Waals surface area contributed by atoms with Crippen LogP contribution < -0.4 is 5.32 Å². The normalized spacial score (nSPS) is 17.1. The maximum absolute atomic E-state index is 12.8. The van der Waals surface area contributed by atoms with Crippen molar-refractivity contribution in [2.24, 2.45) is 0 Å². The fourth-order valence-corrected chi connectivity index (χ4v) is 3.47. The molecule has 2 amide bonds. The Kier molecular flexibility index (Phi) is 6.48. The Hall–Kier alpha value is -2.37. The molecule has 0 radical (unpaired) electrons. The lowest BCUT2D eigenvalue weighted by Crippen LogP contribution is -2.49. The number of nitrogens with zero attached hydrogens (tertiary/aromatic N) is 2. The third-order valence-electron chi connectivity index (χ3n) is 4.38. The van der Waals surface area contributed by atoms with E-state index in [9.17, 15) is 9.59 Å². The number of hydrogen-bond acceptors (Lipinski definition) is 3. The molecular weight excluding hydrogens is 385 g/mol. The Morgan fingerprint density at radius 2 is 2.07 bits per heavy atom. The molecule has 1 aromatic heterocycles. The third-order valence-corrected chi connectivity index (χ3v) is 4.93. The molecule has 2 aromatic rings. The maximum atomic E-state index is 12.8. The van der Waals surface area contributed by atoms with Gasteiger partial charge in [0.15, 0.2) is 0 Å². The van der Waals surface area contributed by atoms with Gasteiger partial charge < -0.3 is 10.2 Å². The van der Waals surface area contributed by atoms with Gasteiger partial charge in [0.25, 0.3) is 0 Å². The van der Waals surface area contributed by atoms with E-state index in [1.807, 2.05) is 6.07 Å². The van der Waals surface area contributed by atoms with Crippen LogP contribution in [0.1, 0.15) is 24.8 Å². The zero-order chi connectivity index (χ0) is 19.2. The molecule has 1 unspecified atom stereocenters. The molecule has 0 saturated carbocycles. The predicted octanol–water partition coefficient (Wildman–Crippen LogP) is 4.42. The van der Waals surface area contributed by atoms with Crippen LogP contribution in [-0.2, 0) is 9.59 Å². The maximum Gasteiger partial charge on any atom is 0.247 e. The smallest absolute Gasteiger partial charge is 0.247 e.